The molecule has 0 aliphatic carbocycles. The number of amidine groups is 1. The van der Waals surface area contributed by atoms with Crippen molar-refractivity contribution in [2.75, 3.05) is 18.1 Å². The number of nitrogens with two attached hydrogens (primary N) is 1. The van der Waals surface area contributed by atoms with Gasteiger partial charge in [-0.3, -0.25) is 0 Å². The first kappa shape index (κ1) is 13.2. The number of aliphatic hydroxyl groups is 1. The molecule has 0 amide bonds. The molecule has 0 radical (unpaired) electrons. The fourth-order valence-corrected chi connectivity index (χ4v) is 1.52. The van der Waals surface area contributed by atoms with Crippen LogP contribution in [-0.4, -0.2) is 40.3 Å². The van der Waals surface area contributed by atoms with Gasteiger partial charge in [-0.15, -0.1) is 0 Å². The molecule has 6 nitrogen and oxygen atoms in total. The maximum Gasteiger partial charge on any atom is 0.188 e. The Morgan fingerprint density at radius 3 is 2.76 bits per heavy atom. The SMILES string of the molecule is CC(C)N(CCO)c1cccc(C(N)=NO)n1. The Kier molecular flexibility index (Phi) is 4.71. The van der Waals surface area contributed by atoms with Crippen LogP contribution in [0.1, 0.15) is 19.5 Å². The van der Waals surface area contributed by atoms with Gasteiger partial charge in [0.25, 0.3) is 0 Å². The van der Waals surface area contributed by atoms with Gasteiger partial charge < -0.3 is 20.9 Å². The number of oxime groups is 1. The van der Waals surface area contributed by atoms with Crippen molar-refractivity contribution >= 4 is 11.7 Å². The zero-order chi connectivity index (χ0) is 12.8. The second-order valence-corrected chi connectivity index (χ2v) is 3.88. The van der Waals surface area contributed by atoms with Crippen molar-refractivity contribution in [3.05, 3.63) is 23.9 Å². The van der Waals surface area contributed by atoms with E-state index in [-0.39, 0.29) is 18.5 Å². The van der Waals surface area contributed by atoms with Crippen LogP contribution in [0.3, 0.4) is 0 Å². The number of hydrogen-bond acceptors (Lipinski definition) is 5. The van der Waals surface area contributed by atoms with E-state index in [4.69, 9.17) is 16.0 Å². The number of pyridine rings is 1. The van der Waals surface area contributed by atoms with Gasteiger partial charge in [0.1, 0.15) is 11.5 Å². The molecule has 0 unspecified atom stereocenters. The zero-order valence-corrected chi connectivity index (χ0v) is 10.0. The first-order chi connectivity index (χ1) is 8.10. The minimum absolute atomic E-state index is 0.0282. The molecule has 0 saturated carbocycles. The van der Waals surface area contributed by atoms with E-state index in [1.165, 1.54) is 0 Å². The van der Waals surface area contributed by atoms with Crippen LogP contribution in [0.15, 0.2) is 23.4 Å². The summed E-state index contributed by atoms with van der Waals surface area (Å²) in [5.41, 5.74) is 5.89. The van der Waals surface area contributed by atoms with Crippen LogP contribution in [0.4, 0.5) is 5.82 Å². The minimum Gasteiger partial charge on any atom is -0.409 e. The molecule has 1 aromatic heterocycles. The van der Waals surface area contributed by atoms with Crippen molar-refractivity contribution in [3.8, 4) is 0 Å². The Labute approximate surface area is 100 Å². The van der Waals surface area contributed by atoms with E-state index in [1.54, 1.807) is 12.1 Å². The first-order valence-electron chi connectivity index (χ1n) is 5.42. The standard InChI is InChI=1S/C11H18N4O2/c1-8(2)15(6-7-16)10-5-3-4-9(13-10)11(12)14-17/h3-5,8,16-17H,6-7H2,1-2H3,(H2,12,14). The summed E-state index contributed by atoms with van der Waals surface area (Å²) in [7, 11) is 0. The number of rotatable bonds is 5. The van der Waals surface area contributed by atoms with E-state index in [9.17, 15) is 0 Å². The molecule has 6 heteroatoms. The summed E-state index contributed by atoms with van der Waals surface area (Å²) in [6, 6.07) is 5.47. The maximum absolute atomic E-state index is 9.01. The lowest BCUT2D eigenvalue weighted by Gasteiger charge is -2.27. The summed E-state index contributed by atoms with van der Waals surface area (Å²) in [6.07, 6.45) is 0. The van der Waals surface area contributed by atoms with Crippen LogP contribution in [0.2, 0.25) is 0 Å². The van der Waals surface area contributed by atoms with Gasteiger partial charge in [-0.1, -0.05) is 11.2 Å². The van der Waals surface area contributed by atoms with E-state index >= 15 is 0 Å². The normalized spacial score (nSPS) is 11.9. The van der Waals surface area contributed by atoms with Gasteiger partial charge in [0, 0.05) is 12.6 Å². The summed E-state index contributed by atoms with van der Waals surface area (Å²) >= 11 is 0. The highest BCUT2D eigenvalue weighted by Gasteiger charge is 2.12. The van der Waals surface area contributed by atoms with Crippen molar-refractivity contribution in [2.24, 2.45) is 10.9 Å². The van der Waals surface area contributed by atoms with Gasteiger partial charge in [0.15, 0.2) is 5.84 Å². The lowest BCUT2D eigenvalue weighted by molar-refractivity contribution is 0.298. The second kappa shape index (κ2) is 6.05. The molecular weight excluding hydrogens is 220 g/mol. The highest BCUT2D eigenvalue weighted by Crippen LogP contribution is 2.14. The van der Waals surface area contributed by atoms with E-state index in [0.717, 1.165) is 0 Å². The van der Waals surface area contributed by atoms with Crippen LogP contribution in [0, 0.1) is 0 Å². The number of nitrogens with zero attached hydrogens (tertiary/aromatic N) is 3. The Morgan fingerprint density at radius 2 is 2.24 bits per heavy atom. The van der Waals surface area contributed by atoms with Gasteiger partial charge in [-0.05, 0) is 26.0 Å². The molecule has 0 saturated heterocycles. The summed E-state index contributed by atoms with van der Waals surface area (Å²) in [5.74, 6) is 0.665. The molecular formula is C11H18N4O2. The van der Waals surface area contributed by atoms with Gasteiger partial charge in [-0.25, -0.2) is 4.98 Å². The number of aromatic nitrogens is 1. The Morgan fingerprint density at radius 1 is 1.53 bits per heavy atom. The Balaban J connectivity index is 3.04. The molecule has 1 aromatic rings. The highest BCUT2D eigenvalue weighted by atomic mass is 16.4. The molecule has 0 aromatic carbocycles. The monoisotopic (exact) mass is 238 g/mol. The topological polar surface area (TPSA) is 95.0 Å². The number of hydrogen-bond donors (Lipinski definition) is 3. The summed E-state index contributed by atoms with van der Waals surface area (Å²) < 4.78 is 0. The molecule has 94 valence electrons. The first-order valence-corrected chi connectivity index (χ1v) is 5.42. The third-order valence-corrected chi connectivity index (χ3v) is 2.36. The minimum atomic E-state index is -0.0282. The third kappa shape index (κ3) is 3.32. The van der Waals surface area contributed by atoms with Gasteiger partial charge >= 0.3 is 0 Å². The molecule has 4 N–H and O–H groups in total. The average Bonchev–Trinajstić information content (AvgIpc) is 2.34. The fourth-order valence-electron chi connectivity index (χ4n) is 1.52. The molecule has 0 atom stereocenters. The van der Waals surface area contributed by atoms with E-state index in [1.807, 2.05) is 24.8 Å². The molecule has 0 bridgehead atoms. The van der Waals surface area contributed by atoms with Gasteiger partial charge in [-0.2, -0.15) is 0 Å². The number of aliphatic hydroxyl groups excluding tert-OH is 1. The van der Waals surface area contributed by atoms with Crippen LogP contribution >= 0.6 is 0 Å². The molecule has 17 heavy (non-hydrogen) atoms. The van der Waals surface area contributed by atoms with Crippen molar-refractivity contribution in [1.29, 1.82) is 0 Å². The van der Waals surface area contributed by atoms with Crippen molar-refractivity contribution in [1.82, 2.24) is 4.98 Å². The van der Waals surface area contributed by atoms with Gasteiger partial charge in [0.05, 0.1) is 6.61 Å². The van der Waals surface area contributed by atoms with Crippen LogP contribution in [0.25, 0.3) is 0 Å². The van der Waals surface area contributed by atoms with Crippen LogP contribution < -0.4 is 10.6 Å². The average molecular weight is 238 g/mol. The van der Waals surface area contributed by atoms with E-state index < -0.39 is 0 Å². The quantitative estimate of drug-likeness (QED) is 0.298. The molecule has 0 fully saturated rings. The number of anilines is 1. The predicted molar refractivity (Wildman–Crippen MR) is 66.3 cm³/mol. The molecule has 0 spiro atoms. The molecule has 0 aliphatic heterocycles. The second-order valence-electron chi connectivity index (χ2n) is 3.88. The molecule has 0 aliphatic rings. The van der Waals surface area contributed by atoms with Crippen LogP contribution in [-0.2, 0) is 0 Å². The van der Waals surface area contributed by atoms with E-state index in [0.29, 0.717) is 18.1 Å². The van der Waals surface area contributed by atoms with Crippen molar-refractivity contribution in [3.63, 3.8) is 0 Å². The lowest BCUT2D eigenvalue weighted by atomic mass is 10.2. The zero-order valence-electron chi connectivity index (χ0n) is 10.0. The highest BCUT2D eigenvalue weighted by molar-refractivity contribution is 5.95. The summed E-state index contributed by atoms with van der Waals surface area (Å²) in [6.45, 7) is 4.55. The van der Waals surface area contributed by atoms with Crippen molar-refractivity contribution in [2.45, 2.75) is 19.9 Å². The smallest absolute Gasteiger partial charge is 0.188 e. The Bertz CT molecular complexity index is 393. The third-order valence-electron chi connectivity index (χ3n) is 2.36. The fraction of sp³-hybridized carbons (Fsp3) is 0.455. The largest absolute Gasteiger partial charge is 0.409 e. The summed E-state index contributed by atoms with van der Waals surface area (Å²) in [5, 5.41) is 20.5. The molecule has 1 heterocycles. The van der Waals surface area contributed by atoms with Crippen LogP contribution in [0.5, 0.6) is 0 Å². The Hall–Kier alpha value is -1.82. The predicted octanol–water partition coefficient (Wildman–Crippen LogP) is 0.383. The van der Waals surface area contributed by atoms with Crippen molar-refractivity contribution < 1.29 is 10.3 Å². The summed E-state index contributed by atoms with van der Waals surface area (Å²) in [4.78, 5) is 6.22. The maximum atomic E-state index is 9.01. The lowest BCUT2D eigenvalue weighted by Crippen LogP contribution is -2.34. The van der Waals surface area contributed by atoms with Gasteiger partial charge in [0.2, 0.25) is 0 Å². The van der Waals surface area contributed by atoms with E-state index in [2.05, 4.69) is 10.1 Å². The molecule has 1 rings (SSSR count).